The molecule has 0 spiro atoms. The highest BCUT2D eigenvalue weighted by molar-refractivity contribution is 6.05. The Labute approximate surface area is 209 Å². The topological polar surface area (TPSA) is 159 Å². The highest BCUT2D eigenvalue weighted by Gasteiger charge is 2.32. The number of hydrogen-bond acceptors (Lipinski definition) is 8. The Morgan fingerprint density at radius 2 is 1.75 bits per heavy atom. The van der Waals surface area contributed by atoms with Crippen molar-refractivity contribution in [2.45, 2.75) is 65.6 Å². The standard InChI is InChI=1S/C25H33N3O8/c1-12(2)20(21(30)19-13(3)22(31)28-23(19)32)27-18(29)10-15(26-24(33)36-25(4,5)6)14-7-8-16-17(9-14)35-11-34-16/h7-9,12,15,20,28,31-32H,10-11H2,1-6H3,(H,26,33)(H,27,29)/t15?,20-/m0/s1. The molecule has 11 heteroatoms. The molecule has 2 amide bonds. The van der Waals surface area contributed by atoms with Gasteiger partial charge in [-0.05, 0) is 51.3 Å². The molecule has 3 rings (SSSR count). The number of alkyl carbamates (subject to hydrolysis) is 1. The molecule has 1 aromatic carbocycles. The fourth-order valence-corrected chi connectivity index (χ4v) is 3.81. The first-order valence-corrected chi connectivity index (χ1v) is 11.6. The SMILES string of the molecule is Cc1c(O)[nH]c(O)c1C(=O)[C@@H](NC(=O)CC(NC(=O)OC(C)(C)C)c1ccc2c(c1)OCO2)C(C)C. The van der Waals surface area contributed by atoms with Crippen molar-refractivity contribution in [3.63, 3.8) is 0 Å². The molecule has 2 aromatic rings. The van der Waals surface area contributed by atoms with Gasteiger partial charge in [0.15, 0.2) is 23.2 Å². The van der Waals surface area contributed by atoms with Crippen molar-refractivity contribution < 1.29 is 38.8 Å². The second-order valence-electron chi connectivity index (χ2n) is 9.99. The Balaban J connectivity index is 1.82. The van der Waals surface area contributed by atoms with Gasteiger partial charge in [0, 0.05) is 5.56 Å². The van der Waals surface area contributed by atoms with Crippen LogP contribution < -0.4 is 20.1 Å². The number of aromatic amines is 1. The highest BCUT2D eigenvalue weighted by Crippen LogP contribution is 2.35. The van der Waals surface area contributed by atoms with Crippen LogP contribution >= 0.6 is 0 Å². The summed E-state index contributed by atoms with van der Waals surface area (Å²) in [6.07, 6.45) is -0.920. The van der Waals surface area contributed by atoms with E-state index in [0.717, 1.165) is 0 Å². The van der Waals surface area contributed by atoms with Crippen LogP contribution in [0.25, 0.3) is 0 Å². The number of ketones is 1. The van der Waals surface area contributed by atoms with Crippen molar-refractivity contribution in [2.24, 2.45) is 5.92 Å². The van der Waals surface area contributed by atoms with Crippen LogP contribution in [0.15, 0.2) is 18.2 Å². The third-order valence-corrected chi connectivity index (χ3v) is 5.60. The number of Topliss-reactive ketones (excluding diaryl/α,β-unsaturated/α-hetero) is 1. The maximum absolute atomic E-state index is 13.2. The first-order valence-electron chi connectivity index (χ1n) is 11.6. The number of aromatic hydroxyl groups is 2. The number of benzene rings is 1. The van der Waals surface area contributed by atoms with Crippen molar-refractivity contribution >= 4 is 17.8 Å². The molecule has 36 heavy (non-hydrogen) atoms. The molecular weight excluding hydrogens is 470 g/mol. The predicted octanol–water partition coefficient (Wildman–Crippen LogP) is 3.44. The highest BCUT2D eigenvalue weighted by atomic mass is 16.7. The summed E-state index contributed by atoms with van der Waals surface area (Å²) in [6.45, 7) is 10.2. The van der Waals surface area contributed by atoms with Crippen LogP contribution in [0.2, 0.25) is 0 Å². The third-order valence-electron chi connectivity index (χ3n) is 5.60. The zero-order valence-electron chi connectivity index (χ0n) is 21.2. The summed E-state index contributed by atoms with van der Waals surface area (Å²) in [6, 6.07) is 3.27. The van der Waals surface area contributed by atoms with E-state index in [1.165, 1.54) is 6.92 Å². The maximum Gasteiger partial charge on any atom is 0.408 e. The smallest absolute Gasteiger partial charge is 0.408 e. The number of hydrogen-bond donors (Lipinski definition) is 5. The molecule has 0 bridgehead atoms. The second kappa shape index (κ2) is 10.4. The van der Waals surface area contributed by atoms with E-state index < -0.39 is 41.3 Å². The van der Waals surface area contributed by atoms with Crippen LogP contribution in [0, 0.1) is 12.8 Å². The van der Waals surface area contributed by atoms with E-state index in [1.807, 2.05) is 0 Å². The lowest BCUT2D eigenvalue weighted by molar-refractivity contribution is -0.122. The number of fused-ring (bicyclic) bond motifs is 1. The molecule has 0 saturated carbocycles. The van der Waals surface area contributed by atoms with Gasteiger partial charge in [0.1, 0.15) is 5.60 Å². The number of nitrogens with one attached hydrogen (secondary N) is 3. The molecule has 0 saturated heterocycles. The molecule has 2 heterocycles. The Kier molecular flexibility index (Phi) is 7.71. The van der Waals surface area contributed by atoms with Crippen molar-refractivity contribution in [3.05, 3.63) is 34.9 Å². The van der Waals surface area contributed by atoms with Gasteiger partial charge in [0.2, 0.25) is 18.6 Å². The van der Waals surface area contributed by atoms with Gasteiger partial charge in [-0.2, -0.15) is 0 Å². The second-order valence-corrected chi connectivity index (χ2v) is 9.99. The summed E-state index contributed by atoms with van der Waals surface area (Å²) in [5, 5.41) is 25.3. The zero-order chi connectivity index (χ0) is 26.8. The Bertz CT molecular complexity index is 1150. The molecule has 1 aliphatic heterocycles. The molecule has 196 valence electrons. The van der Waals surface area contributed by atoms with E-state index in [2.05, 4.69) is 15.6 Å². The number of carbonyl (C=O) groups excluding carboxylic acids is 3. The van der Waals surface area contributed by atoms with Gasteiger partial charge in [-0.25, -0.2) is 4.79 Å². The van der Waals surface area contributed by atoms with Crippen molar-refractivity contribution in [1.82, 2.24) is 15.6 Å². The van der Waals surface area contributed by atoms with Crippen molar-refractivity contribution in [1.29, 1.82) is 0 Å². The van der Waals surface area contributed by atoms with Gasteiger partial charge in [0.25, 0.3) is 0 Å². The largest absolute Gasteiger partial charge is 0.494 e. The van der Waals surface area contributed by atoms with E-state index in [1.54, 1.807) is 52.8 Å². The number of carbonyl (C=O) groups is 3. The van der Waals surface area contributed by atoms with Crippen LogP contribution in [0.3, 0.4) is 0 Å². The first-order chi connectivity index (χ1) is 16.8. The van der Waals surface area contributed by atoms with Gasteiger partial charge in [-0.15, -0.1) is 0 Å². The summed E-state index contributed by atoms with van der Waals surface area (Å²) >= 11 is 0. The summed E-state index contributed by atoms with van der Waals surface area (Å²) in [7, 11) is 0. The minimum Gasteiger partial charge on any atom is -0.494 e. The van der Waals surface area contributed by atoms with E-state index >= 15 is 0 Å². The average Bonchev–Trinajstić information content (AvgIpc) is 3.32. The van der Waals surface area contributed by atoms with Crippen molar-refractivity contribution in [3.8, 4) is 23.3 Å². The molecule has 1 aromatic heterocycles. The predicted molar refractivity (Wildman–Crippen MR) is 129 cm³/mol. The fraction of sp³-hybridized carbons (Fsp3) is 0.480. The lowest BCUT2D eigenvalue weighted by Crippen LogP contribution is -2.46. The third kappa shape index (κ3) is 6.21. The summed E-state index contributed by atoms with van der Waals surface area (Å²) in [5.74, 6) is -1.16. The van der Waals surface area contributed by atoms with Gasteiger partial charge >= 0.3 is 6.09 Å². The molecule has 11 nitrogen and oxygen atoms in total. The quantitative estimate of drug-likeness (QED) is 0.343. The van der Waals surface area contributed by atoms with Crippen LogP contribution in [-0.4, -0.2) is 51.4 Å². The monoisotopic (exact) mass is 503 g/mol. The Morgan fingerprint density at radius 3 is 2.33 bits per heavy atom. The lowest BCUT2D eigenvalue weighted by Gasteiger charge is -2.25. The van der Waals surface area contributed by atoms with E-state index in [0.29, 0.717) is 17.1 Å². The van der Waals surface area contributed by atoms with Crippen LogP contribution in [0.4, 0.5) is 4.79 Å². The average molecular weight is 504 g/mol. The Morgan fingerprint density at radius 1 is 1.08 bits per heavy atom. The summed E-state index contributed by atoms with van der Waals surface area (Å²) in [4.78, 5) is 41.1. The van der Waals surface area contributed by atoms with Crippen LogP contribution in [-0.2, 0) is 9.53 Å². The zero-order valence-corrected chi connectivity index (χ0v) is 21.2. The lowest BCUT2D eigenvalue weighted by atomic mass is 9.93. The number of aromatic nitrogens is 1. The van der Waals surface area contributed by atoms with Gasteiger partial charge in [-0.3, -0.25) is 14.6 Å². The molecule has 2 atom stereocenters. The van der Waals surface area contributed by atoms with Crippen LogP contribution in [0.1, 0.15) is 68.6 Å². The van der Waals surface area contributed by atoms with E-state index in [4.69, 9.17) is 14.2 Å². The van der Waals surface area contributed by atoms with Crippen molar-refractivity contribution in [2.75, 3.05) is 6.79 Å². The minimum atomic E-state index is -0.990. The molecule has 0 aliphatic carbocycles. The molecule has 0 fully saturated rings. The number of ether oxygens (including phenoxy) is 3. The Hall–Kier alpha value is -3.89. The summed E-state index contributed by atoms with van der Waals surface area (Å²) in [5.41, 5.74) is -0.0761. The van der Waals surface area contributed by atoms with E-state index in [9.17, 15) is 24.6 Å². The van der Waals surface area contributed by atoms with Gasteiger partial charge in [0.05, 0.1) is 24.1 Å². The maximum atomic E-state index is 13.2. The molecular formula is C25H33N3O8. The first kappa shape index (κ1) is 26.7. The van der Waals surface area contributed by atoms with Crippen LogP contribution in [0.5, 0.6) is 23.3 Å². The van der Waals surface area contributed by atoms with E-state index in [-0.39, 0.29) is 36.1 Å². The fourth-order valence-electron chi connectivity index (χ4n) is 3.81. The molecule has 1 unspecified atom stereocenters. The number of H-pyrrole nitrogens is 1. The normalized spacial score (nSPS) is 14.3. The van der Waals surface area contributed by atoms with Gasteiger partial charge in [-0.1, -0.05) is 19.9 Å². The molecule has 0 radical (unpaired) electrons. The molecule has 5 N–H and O–H groups in total. The number of rotatable bonds is 8. The van der Waals surface area contributed by atoms with Gasteiger partial charge < -0.3 is 35.1 Å². The summed E-state index contributed by atoms with van der Waals surface area (Å²) < 4.78 is 16.1. The number of amides is 2. The minimum absolute atomic E-state index is 0.0720. The molecule has 1 aliphatic rings.